The second-order valence-corrected chi connectivity index (χ2v) is 5.53. The maximum absolute atomic E-state index is 12.2. The molecule has 0 bridgehead atoms. The highest BCUT2D eigenvalue weighted by atomic mass is 16.2. The maximum atomic E-state index is 12.2. The lowest BCUT2D eigenvalue weighted by atomic mass is 9.78. The summed E-state index contributed by atoms with van der Waals surface area (Å²) in [4.78, 5) is 12.2. The van der Waals surface area contributed by atoms with Crippen LogP contribution < -0.4 is 5.32 Å². The number of amides is 1. The van der Waals surface area contributed by atoms with Gasteiger partial charge < -0.3 is 5.32 Å². The van der Waals surface area contributed by atoms with Gasteiger partial charge in [-0.1, -0.05) is 6.92 Å². The Labute approximate surface area is 113 Å². The van der Waals surface area contributed by atoms with Crippen LogP contribution in [0.2, 0.25) is 0 Å². The number of carbonyl (C=O) groups is 1. The first-order chi connectivity index (χ1) is 9.06. The van der Waals surface area contributed by atoms with Crippen molar-refractivity contribution in [2.24, 2.45) is 5.92 Å². The van der Waals surface area contributed by atoms with E-state index in [-0.39, 0.29) is 11.9 Å². The highest BCUT2D eigenvalue weighted by Crippen LogP contribution is 2.31. The van der Waals surface area contributed by atoms with Gasteiger partial charge in [-0.05, 0) is 44.6 Å². The molecule has 1 heterocycles. The van der Waals surface area contributed by atoms with Crippen LogP contribution in [0.3, 0.4) is 0 Å². The second-order valence-electron chi connectivity index (χ2n) is 5.53. The normalized spacial score (nSPS) is 28.4. The minimum atomic E-state index is -0.689. The first-order valence-electron chi connectivity index (χ1n) is 6.79. The van der Waals surface area contributed by atoms with E-state index < -0.39 is 5.54 Å². The molecule has 1 aliphatic carbocycles. The topological polar surface area (TPSA) is 70.7 Å². The van der Waals surface area contributed by atoms with E-state index in [2.05, 4.69) is 23.4 Å². The Morgan fingerprint density at radius 3 is 2.79 bits per heavy atom. The van der Waals surface area contributed by atoms with Crippen molar-refractivity contribution in [1.29, 1.82) is 5.26 Å². The van der Waals surface area contributed by atoms with Crippen LogP contribution >= 0.6 is 0 Å². The number of rotatable bonds is 3. The molecule has 5 heteroatoms. The summed E-state index contributed by atoms with van der Waals surface area (Å²) in [6.07, 6.45) is 6.86. The summed E-state index contributed by atoms with van der Waals surface area (Å²) < 4.78 is 1.60. The predicted octanol–water partition coefficient (Wildman–Crippen LogP) is 2.03. The van der Waals surface area contributed by atoms with Gasteiger partial charge >= 0.3 is 0 Å². The molecule has 5 nitrogen and oxygen atoms in total. The van der Waals surface area contributed by atoms with Crippen molar-refractivity contribution in [3.05, 3.63) is 18.5 Å². The monoisotopic (exact) mass is 260 g/mol. The Morgan fingerprint density at radius 2 is 2.26 bits per heavy atom. The molecule has 2 rings (SSSR count). The second kappa shape index (κ2) is 5.43. The molecule has 0 spiro atoms. The van der Waals surface area contributed by atoms with Crippen molar-refractivity contribution < 1.29 is 4.79 Å². The van der Waals surface area contributed by atoms with Crippen molar-refractivity contribution in [2.75, 3.05) is 0 Å². The van der Waals surface area contributed by atoms with Crippen molar-refractivity contribution in [1.82, 2.24) is 15.1 Å². The summed E-state index contributed by atoms with van der Waals surface area (Å²) >= 11 is 0. The molecule has 1 aromatic rings. The number of nitriles is 1. The van der Waals surface area contributed by atoms with Gasteiger partial charge in [0.2, 0.25) is 5.91 Å². The van der Waals surface area contributed by atoms with Gasteiger partial charge in [0, 0.05) is 12.4 Å². The Hall–Kier alpha value is -1.83. The quantitative estimate of drug-likeness (QED) is 0.904. The van der Waals surface area contributed by atoms with Crippen LogP contribution in [-0.4, -0.2) is 21.2 Å². The van der Waals surface area contributed by atoms with Gasteiger partial charge in [0.25, 0.3) is 0 Å². The Balaban J connectivity index is 2.03. The number of nitrogens with one attached hydrogen (secondary N) is 1. The van der Waals surface area contributed by atoms with E-state index in [1.165, 1.54) is 0 Å². The fourth-order valence-electron chi connectivity index (χ4n) is 2.49. The zero-order chi connectivity index (χ0) is 13.9. The number of nitrogens with zero attached hydrogens (tertiary/aromatic N) is 3. The molecule has 0 saturated heterocycles. The van der Waals surface area contributed by atoms with Crippen molar-refractivity contribution >= 4 is 5.91 Å². The minimum Gasteiger partial charge on any atom is -0.336 e. The van der Waals surface area contributed by atoms with E-state index in [4.69, 9.17) is 0 Å². The smallest absolute Gasteiger partial charge is 0.245 e. The maximum Gasteiger partial charge on any atom is 0.245 e. The molecule has 0 aliphatic heterocycles. The summed E-state index contributed by atoms with van der Waals surface area (Å²) in [6.45, 7) is 3.98. The third-order valence-electron chi connectivity index (χ3n) is 4.01. The van der Waals surface area contributed by atoms with Crippen LogP contribution in [0.5, 0.6) is 0 Å². The van der Waals surface area contributed by atoms with Crippen LogP contribution in [-0.2, 0) is 4.79 Å². The largest absolute Gasteiger partial charge is 0.336 e. The van der Waals surface area contributed by atoms with Crippen molar-refractivity contribution in [3.63, 3.8) is 0 Å². The van der Waals surface area contributed by atoms with E-state index in [1.807, 2.05) is 0 Å². The standard InChI is InChI=1S/C14H20N4O/c1-11-4-6-14(10-15,7-5-11)17-13(19)12(2)18-9-3-8-16-18/h3,8-9,11-12H,4-7H2,1-2H3,(H,17,19). The zero-order valence-corrected chi connectivity index (χ0v) is 11.5. The number of carbonyl (C=O) groups excluding carboxylic acids is 1. The van der Waals surface area contributed by atoms with E-state index in [9.17, 15) is 10.1 Å². The molecular formula is C14H20N4O. The Kier molecular flexibility index (Phi) is 3.89. The van der Waals surface area contributed by atoms with E-state index in [1.54, 1.807) is 30.1 Å². The average Bonchev–Trinajstić information content (AvgIpc) is 2.95. The molecule has 1 fully saturated rings. The summed E-state index contributed by atoms with van der Waals surface area (Å²) in [7, 11) is 0. The first-order valence-corrected chi connectivity index (χ1v) is 6.79. The van der Waals surface area contributed by atoms with Gasteiger partial charge in [-0.15, -0.1) is 0 Å². The van der Waals surface area contributed by atoms with Gasteiger partial charge in [0.1, 0.15) is 11.6 Å². The molecule has 0 aromatic carbocycles. The molecule has 1 aromatic heterocycles. The van der Waals surface area contributed by atoms with E-state index in [0.717, 1.165) is 25.7 Å². The van der Waals surface area contributed by atoms with Crippen LogP contribution in [0.4, 0.5) is 0 Å². The third kappa shape index (κ3) is 2.95. The van der Waals surface area contributed by atoms with Gasteiger partial charge in [-0.3, -0.25) is 9.48 Å². The van der Waals surface area contributed by atoms with Gasteiger partial charge in [-0.2, -0.15) is 10.4 Å². The van der Waals surface area contributed by atoms with Crippen LogP contribution in [0.25, 0.3) is 0 Å². The fraction of sp³-hybridized carbons (Fsp3) is 0.643. The highest BCUT2D eigenvalue weighted by Gasteiger charge is 2.36. The number of hydrogen-bond acceptors (Lipinski definition) is 3. The van der Waals surface area contributed by atoms with Crippen molar-refractivity contribution in [2.45, 2.75) is 51.1 Å². The van der Waals surface area contributed by atoms with Crippen LogP contribution in [0.15, 0.2) is 18.5 Å². The minimum absolute atomic E-state index is 0.139. The third-order valence-corrected chi connectivity index (χ3v) is 4.01. The molecular weight excluding hydrogens is 240 g/mol. The highest BCUT2D eigenvalue weighted by molar-refractivity contribution is 5.81. The summed E-state index contributed by atoms with van der Waals surface area (Å²) in [5.41, 5.74) is -0.689. The predicted molar refractivity (Wildman–Crippen MR) is 71.1 cm³/mol. The van der Waals surface area contributed by atoms with Gasteiger partial charge in [0.15, 0.2) is 0 Å². The molecule has 1 N–H and O–H groups in total. The number of aromatic nitrogens is 2. The molecule has 0 radical (unpaired) electrons. The molecule has 19 heavy (non-hydrogen) atoms. The fourth-order valence-corrected chi connectivity index (χ4v) is 2.49. The molecule has 1 unspecified atom stereocenters. The van der Waals surface area contributed by atoms with Crippen LogP contribution in [0, 0.1) is 17.2 Å². The van der Waals surface area contributed by atoms with Crippen LogP contribution in [0.1, 0.15) is 45.6 Å². The summed E-state index contributed by atoms with van der Waals surface area (Å²) in [5, 5.41) is 16.4. The van der Waals surface area contributed by atoms with Gasteiger partial charge in [-0.25, -0.2) is 0 Å². The summed E-state index contributed by atoms with van der Waals surface area (Å²) in [6, 6.07) is 3.70. The SMILES string of the molecule is CC1CCC(C#N)(NC(=O)C(C)n2cccn2)CC1. The van der Waals surface area contributed by atoms with Gasteiger partial charge in [0.05, 0.1) is 6.07 Å². The molecule has 1 atom stereocenters. The molecule has 1 aliphatic rings. The first kappa shape index (κ1) is 13.6. The Bertz CT molecular complexity index is 466. The lowest BCUT2D eigenvalue weighted by Gasteiger charge is -2.35. The lowest BCUT2D eigenvalue weighted by molar-refractivity contribution is -0.125. The van der Waals surface area contributed by atoms with Crippen molar-refractivity contribution in [3.8, 4) is 6.07 Å². The molecule has 1 saturated carbocycles. The van der Waals surface area contributed by atoms with E-state index in [0.29, 0.717) is 5.92 Å². The average molecular weight is 260 g/mol. The molecule has 1 amide bonds. The van der Waals surface area contributed by atoms with E-state index >= 15 is 0 Å². The molecule has 102 valence electrons. The lowest BCUT2D eigenvalue weighted by Crippen LogP contribution is -2.51. The number of hydrogen-bond donors (Lipinski definition) is 1. The summed E-state index contributed by atoms with van der Waals surface area (Å²) in [5.74, 6) is 0.502. The Morgan fingerprint density at radius 1 is 1.58 bits per heavy atom. The zero-order valence-electron chi connectivity index (χ0n) is 11.5.